The molecule has 6 heteroatoms. The Bertz CT molecular complexity index is 960. The lowest BCUT2D eigenvalue weighted by Crippen LogP contribution is -2.39. The van der Waals surface area contributed by atoms with Crippen LogP contribution in [0.2, 0.25) is 0 Å². The third-order valence-electron chi connectivity index (χ3n) is 4.79. The van der Waals surface area contributed by atoms with Gasteiger partial charge in [-0.05, 0) is 24.1 Å². The van der Waals surface area contributed by atoms with Gasteiger partial charge in [-0.3, -0.25) is 13.6 Å². The van der Waals surface area contributed by atoms with Gasteiger partial charge in [0.1, 0.15) is 5.75 Å². The topological polar surface area (TPSA) is 61.2 Å². The van der Waals surface area contributed by atoms with Crippen molar-refractivity contribution in [3.8, 4) is 17.0 Å². The summed E-state index contributed by atoms with van der Waals surface area (Å²) >= 11 is 0. The van der Waals surface area contributed by atoms with E-state index in [4.69, 9.17) is 9.72 Å². The van der Waals surface area contributed by atoms with E-state index in [0.717, 1.165) is 17.5 Å². The third kappa shape index (κ3) is 2.92. The van der Waals surface area contributed by atoms with Crippen molar-refractivity contribution in [2.45, 2.75) is 44.3 Å². The van der Waals surface area contributed by atoms with Crippen LogP contribution in [0, 0.1) is 0 Å². The highest BCUT2D eigenvalue weighted by atomic mass is 32.2. The fraction of sp³-hybridized carbons (Fsp3) is 0.400. The second-order valence-electron chi connectivity index (χ2n) is 7.04. The molecule has 138 valence electrons. The van der Waals surface area contributed by atoms with Crippen LogP contribution in [-0.4, -0.2) is 26.6 Å². The Morgan fingerprint density at radius 1 is 1.42 bits per heavy atom. The van der Waals surface area contributed by atoms with Gasteiger partial charge < -0.3 is 4.74 Å². The summed E-state index contributed by atoms with van der Waals surface area (Å²) in [7, 11) is 0.266. The van der Waals surface area contributed by atoms with E-state index >= 15 is 0 Å². The van der Waals surface area contributed by atoms with Crippen LogP contribution >= 0.6 is 0 Å². The first kappa shape index (κ1) is 18.6. The van der Waals surface area contributed by atoms with Crippen LogP contribution in [0.1, 0.15) is 31.9 Å². The monoisotopic (exact) mass is 372 g/mol. The number of allylic oxidation sites excluding steroid dienone is 1. The second-order valence-corrected chi connectivity index (χ2v) is 8.67. The molecule has 0 aliphatic heterocycles. The van der Waals surface area contributed by atoms with Crippen molar-refractivity contribution in [1.29, 1.82) is 0 Å². The van der Waals surface area contributed by atoms with Gasteiger partial charge in [0.25, 0.3) is 5.56 Å². The SMILES string of the molecule is C=CCn1c(S(=O)CC)nc2c(c1=O)C(C)(C)Cc1ccc(OC)cc1-2. The average molecular weight is 372 g/mol. The number of benzene rings is 1. The minimum atomic E-state index is -1.35. The van der Waals surface area contributed by atoms with E-state index in [1.54, 1.807) is 13.2 Å². The minimum Gasteiger partial charge on any atom is -0.497 e. The van der Waals surface area contributed by atoms with E-state index in [9.17, 15) is 9.00 Å². The van der Waals surface area contributed by atoms with Crippen molar-refractivity contribution in [1.82, 2.24) is 9.55 Å². The summed E-state index contributed by atoms with van der Waals surface area (Å²) in [5.41, 5.74) is 2.79. The fourth-order valence-corrected chi connectivity index (χ4v) is 4.41. The van der Waals surface area contributed by atoms with Gasteiger partial charge in [-0.25, -0.2) is 4.98 Å². The van der Waals surface area contributed by atoms with E-state index < -0.39 is 10.8 Å². The Labute approximate surface area is 156 Å². The highest BCUT2D eigenvalue weighted by Gasteiger charge is 2.36. The first-order chi connectivity index (χ1) is 12.3. The molecule has 0 bridgehead atoms. The molecule has 0 spiro atoms. The van der Waals surface area contributed by atoms with Crippen LogP contribution < -0.4 is 10.3 Å². The number of nitrogens with zero attached hydrogens (tertiary/aromatic N) is 2. The number of fused-ring (bicyclic) bond motifs is 3. The summed E-state index contributed by atoms with van der Waals surface area (Å²) in [4.78, 5) is 18.1. The molecule has 0 saturated heterocycles. The van der Waals surface area contributed by atoms with Gasteiger partial charge >= 0.3 is 0 Å². The van der Waals surface area contributed by atoms with Gasteiger partial charge in [0, 0.05) is 28.8 Å². The summed E-state index contributed by atoms with van der Waals surface area (Å²) < 4.78 is 19.4. The second kappa shape index (κ2) is 6.83. The number of ether oxygens (including phenoxy) is 1. The Kier molecular flexibility index (Phi) is 4.88. The molecule has 0 radical (unpaired) electrons. The quantitative estimate of drug-likeness (QED) is 0.598. The fourth-order valence-electron chi connectivity index (χ4n) is 3.55. The number of hydrogen-bond acceptors (Lipinski definition) is 4. The molecular weight excluding hydrogens is 348 g/mol. The Balaban J connectivity index is 2.41. The molecule has 1 aliphatic rings. The van der Waals surface area contributed by atoms with Crippen molar-refractivity contribution in [2.24, 2.45) is 0 Å². The van der Waals surface area contributed by atoms with Gasteiger partial charge in [-0.1, -0.05) is 32.9 Å². The summed E-state index contributed by atoms with van der Waals surface area (Å²) in [6, 6.07) is 5.85. The van der Waals surface area contributed by atoms with Crippen molar-refractivity contribution >= 4 is 10.8 Å². The molecular formula is C20H24N2O3S. The molecule has 1 atom stereocenters. The molecule has 0 N–H and O–H groups in total. The Morgan fingerprint density at radius 3 is 2.77 bits per heavy atom. The summed E-state index contributed by atoms with van der Waals surface area (Å²) in [5.74, 6) is 1.11. The van der Waals surface area contributed by atoms with Gasteiger partial charge in [-0.15, -0.1) is 6.58 Å². The van der Waals surface area contributed by atoms with Crippen LogP contribution in [-0.2, 0) is 29.2 Å². The Morgan fingerprint density at radius 2 is 2.15 bits per heavy atom. The number of hydrogen-bond donors (Lipinski definition) is 0. The predicted molar refractivity (Wildman–Crippen MR) is 104 cm³/mol. The lowest BCUT2D eigenvalue weighted by atomic mass is 9.72. The van der Waals surface area contributed by atoms with E-state index in [1.807, 2.05) is 25.1 Å². The third-order valence-corrected chi connectivity index (χ3v) is 6.04. The summed E-state index contributed by atoms with van der Waals surface area (Å²) in [6.07, 6.45) is 2.37. The normalized spacial score (nSPS) is 15.7. The Hall–Kier alpha value is -2.21. The standard InChI is InChI=1S/C20H24N2O3S/c1-6-10-22-18(23)16-17(21-19(22)26(24)7-2)15-11-14(25-5)9-8-13(15)12-20(16,3)4/h6,8-9,11H,1,7,10,12H2,2-5H3. The first-order valence-corrected chi connectivity index (χ1v) is 9.97. The molecule has 1 unspecified atom stereocenters. The van der Waals surface area contributed by atoms with E-state index in [1.165, 1.54) is 4.57 Å². The van der Waals surface area contributed by atoms with Crippen LogP contribution in [0.25, 0.3) is 11.3 Å². The zero-order valence-corrected chi connectivity index (χ0v) is 16.5. The summed E-state index contributed by atoms with van der Waals surface area (Å²) in [5, 5.41) is 0.308. The van der Waals surface area contributed by atoms with E-state index in [-0.39, 0.29) is 11.0 Å². The molecule has 1 aromatic heterocycles. The highest BCUT2D eigenvalue weighted by molar-refractivity contribution is 7.84. The molecule has 0 fully saturated rings. The minimum absolute atomic E-state index is 0.134. The maximum absolute atomic E-state index is 13.3. The first-order valence-electron chi connectivity index (χ1n) is 8.66. The largest absolute Gasteiger partial charge is 0.497 e. The molecule has 0 amide bonds. The predicted octanol–water partition coefficient (Wildman–Crippen LogP) is 3.07. The zero-order valence-electron chi connectivity index (χ0n) is 15.7. The van der Waals surface area contributed by atoms with Crippen LogP contribution in [0.4, 0.5) is 0 Å². The molecule has 2 aromatic rings. The number of rotatable bonds is 5. The molecule has 1 aliphatic carbocycles. The van der Waals surface area contributed by atoms with Crippen LogP contribution in [0.15, 0.2) is 40.8 Å². The van der Waals surface area contributed by atoms with Gasteiger partial charge in [0.05, 0.1) is 23.6 Å². The number of aromatic nitrogens is 2. The number of methoxy groups -OCH3 is 1. The van der Waals surface area contributed by atoms with E-state index in [2.05, 4.69) is 20.4 Å². The molecule has 1 heterocycles. The molecule has 0 saturated carbocycles. The maximum atomic E-state index is 13.3. The highest BCUT2D eigenvalue weighted by Crippen LogP contribution is 2.41. The lowest BCUT2D eigenvalue weighted by Gasteiger charge is -2.33. The van der Waals surface area contributed by atoms with Gasteiger partial charge in [0.15, 0.2) is 0 Å². The summed E-state index contributed by atoms with van der Waals surface area (Å²) in [6.45, 7) is 9.95. The van der Waals surface area contributed by atoms with Crippen molar-refractivity contribution in [2.75, 3.05) is 12.9 Å². The smallest absolute Gasteiger partial charge is 0.258 e. The van der Waals surface area contributed by atoms with Gasteiger partial charge in [-0.2, -0.15) is 0 Å². The maximum Gasteiger partial charge on any atom is 0.258 e. The van der Waals surface area contributed by atoms with Crippen LogP contribution in [0.3, 0.4) is 0 Å². The lowest BCUT2D eigenvalue weighted by molar-refractivity contribution is 0.414. The van der Waals surface area contributed by atoms with Crippen LogP contribution in [0.5, 0.6) is 5.75 Å². The molecule has 1 aromatic carbocycles. The molecule has 5 nitrogen and oxygen atoms in total. The van der Waals surface area contributed by atoms with Gasteiger partial charge in [0.2, 0.25) is 5.16 Å². The van der Waals surface area contributed by atoms with Crippen molar-refractivity contribution in [3.63, 3.8) is 0 Å². The van der Waals surface area contributed by atoms with Crippen molar-refractivity contribution < 1.29 is 8.95 Å². The van der Waals surface area contributed by atoms with Crippen molar-refractivity contribution in [3.05, 3.63) is 52.3 Å². The molecule has 3 rings (SSSR count). The van der Waals surface area contributed by atoms with E-state index in [0.29, 0.717) is 34.5 Å². The average Bonchev–Trinajstić information content (AvgIpc) is 2.61. The molecule has 26 heavy (non-hydrogen) atoms. The zero-order chi connectivity index (χ0) is 19.1.